The summed E-state index contributed by atoms with van der Waals surface area (Å²) in [5.41, 5.74) is 1.62. The lowest BCUT2D eigenvalue weighted by molar-refractivity contribution is -0.384. The summed E-state index contributed by atoms with van der Waals surface area (Å²) in [5, 5.41) is 15.1. The number of nitro groups is 1. The Labute approximate surface area is 158 Å². The van der Waals surface area contributed by atoms with E-state index >= 15 is 0 Å². The summed E-state index contributed by atoms with van der Waals surface area (Å²) in [6.07, 6.45) is 1.66. The van der Waals surface area contributed by atoms with Gasteiger partial charge in [0.2, 0.25) is 0 Å². The number of non-ortho nitro benzene ring substituents is 1. The highest BCUT2D eigenvalue weighted by Crippen LogP contribution is 2.25. The van der Waals surface area contributed by atoms with Gasteiger partial charge in [0.1, 0.15) is 0 Å². The third kappa shape index (κ3) is 4.25. The van der Waals surface area contributed by atoms with Crippen molar-refractivity contribution in [1.29, 1.82) is 0 Å². The predicted molar refractivity (Wildman–Crippen MR) is 100 cm³/mol. The van der Waals surface area contributed by atoms with E-state index in [1.165, 1.54) is 29.5 Å². The van der Waals surface area contributed by atoms with Gasteiger partial charge in [-0.3, -0.25) is 19.9 Å². The van der Waals surface area contributed by atoms with Gasteiger partial charge in [-0.15, -0.1) is 0 Å². The molecule has 0 spiro atoms. The van der Waals surface area contributed by atoms with Crippen molar-refractivity contribution < 1.29 is 9.72 Å². The Kier molecular flexibility index (Phi) is 5.60. The van der Waals surface area contributed by atoms with Crippen LogP contribution in [0.5, 0.6) is 0 Å². The van der Waals surface area contributed by atoms with Crippen LogP contribution in [0.25, 0.3) is 0 Å². The Morgan fingerprint density at radius 3 is 2.73 bits per heavy atom. The first-order valence-electron chi connectivity index (χ1n) is 7.69. The van der Waals surface area contributed by atoms with Crippen molar-refractivity contribution in [3.05, 3.63) is 91.4 Å². The van der Waals surface area contributed by atoms with Gasteiger partial charge in [0.05, 0.1) is 27.7 Å². The van der Waals surface area contributed by atoms with E-state index in [1.54, 1.807) is 17.2 Å². The molecule has 0 aliphatic heterocycles. The fourth-order valence-electron chi connectivity index (χ4n) is 2.45. The largest absolute Gasteiger partial charge is 0.328 e. The van der Waals surface area contributed by atoms with Gasteiger partial charge in [-0.2, -0.15) is 11.3 Å². The maximum Gasteiger partial charge on any atom is 0.270 e. The Balaban J connectivity index is 1.94. The van der Waals surface area contributed by atoms with Crippen LogP contribution in [0.2, 0.25) is 5.02 Å². The second-order valence-corrected chi connectivity index (χ2v) is 6.72. The van der Waals surface area contributed by atoms with Crippen LogP contribution in [0.1, 0.15) is 21.6 Å². The van der Waals surface area contributed by atoms with E-state index in [4.69, 9.17) is 11.6 Å². The molecule has 8 heteroatoms. The van der Waals surface area contributed by atoms with Crippen LogP contribution in [0.15, 0.2) is 59.4 Å². The maximum atomic E-state index is 13.1. The molecule has 0 saturated heterocycles. The molecule has 132 valence electrons. The van der Waals surface area contributed by atoms with Gasteiger partial charge < -0.3 is 4.90 Å². The first-order valence-corrected chi connectivity index (χ1v) is 9.01. The van der Waals surface area contributed by atoms with Crippen LogP contribution in [0, 0.1) is 10.1 Å². The minimum atomic E-state index is -0.547. The summed E-state index contributed by atoms with van der Waals surface area (Å²) in [4.78, 5) is 29.4. The zero-order chi connectivity index (χ0) is 18.5. The van der Waals surface area contributed by atoms with E-state index in [-0.39, 0.29) is 28.7 Å². The quantitative estimate of drug-likeness (QED) is 0.459. The van der Waals surface area contributed by atoms with E-state index in [0.29, 0.717) is 6.54 Å². The smallest absolute Gasteiger partial charge is 0.270 e. The zero-order valence-corrected chi connectivity index (χ0v) is 15.1. The number of nitro benzene ring substituents is 1. The summed E-state index contributed by atoms with van der Waals surface area (Å²) in [6.45, 7) is 0.631. The second-order valence-electron chi connectivity index (χ2n) is 5.54. The number of aromatic nitrogens is 1. The van der Waals surface area contributed by atoms with Crippen molar-refractivity contribution in [2.75, 3.05) is 0 Å². The number of hydrogen-bond acceptors (Lipinski definition) is 5. The number of amides is 1. The van der Waals surface area contributed by atoms with E-state index in [0.717, 1.165) is 11.3 Å². The lowest BCUT2D eigenvalue weighted by Crippen LogP contribution is -2.30. The van der Waals surface area contributed by atoms with Crippen LogP contribution in [0.4, 0.5) is 5.69 Å². The first kappa shape index (κ1) is 18.0. The fraction of sp³-hybridized carbons (Fsp3) is 0.111. The molecule has 0 N–H and O–H groups in total. The number of carbonyl (C=O) groups excluding carboxylic acids is 1. The number of thiophene rings is 1. The molecule has 0 radical (unpaired) electrons. The van der Waals surface area contributed by atoms with Crippen molar-refractivity contribution in [2.24, 2.45) is 0 Å². The van der Waals surface area contributed by atoms with Crippen molar-refractivity contribution in [3.8, 4) is 0 Å². The van der Waals surface area contributed by atoms with E-state index < -0.39 is 4.92 Å². The highest BCUT2D eigenvalue weighted by Gasteiger charge is 2.22. The van der Waals surface area contributed by atoms with Crippen LogP contribution in [0.3, 0.4) is 0 Å². The summed E-state index contributed by atoms with van der Waals surface area (Å²) < 4.78 is 0. The zero-order valence-electron chi connectivity index (χ0n) is 13.5. The molecule has 2 aromatic heterocycles. The molecule has 2 heterocycles. The molecule has 3 rings (SSSR count). The van der Waals surface area contributed by atoms with Gasteiger partial charge in [-0.1, -0.05) is 17.7 Å². The van der Waals surface area contributed by atoms with E-state index in [9.17, 15) is 14.9 Å². The van der Waals surface area contributed by atoms with E-state index in [2.05, 4.69) is 4.98 Å². The summed E-state index contributed by atoms with van der Waals surface area (Å²) in [5.74, 6) is -0.379. The van der Waals surface area contributed by atoms with E-state index in [1.807, 2.05) is 29.0 Å². The number of carbonyl (C=O) groups is 1. The fourth-order valence-corrected chi connectivity index (χ4v) is 3.31. The average Bonchev–Trinajstić information content (AvgIpc) is 3.15. The van der Waals surface area contributed by atoms with Gasteiger partial charge in [0.25, 0.3) is 11.6 Å². The number of halogens is 1. The summed E-state index contributed by atoms with van der Waals surface area (Å²) >= 11 is 7.68. The molecule has 0 fully saturated rings. The highest BCUT2D eigenvalue weighted by molar-refractivity contribution is 7.07. The average molecular weight is 388 g/mol. The summed E-state index contributed by atoms with van der Waals surface area (Å²) in [6, 6.07) is 11.3. The Morgan fingerprint density at radius 2 is 2.08 bits per heavy atom. The third-order valence-corrected chi connectivity index (χ3v) is 4.77. The number of rotatable bonds is 6. The first-order chi connectivity index (χ1) is 12.5. The van der Waals surface area contributed by atoms with Crippen LogP contribution >= 0.6 is 22.9 Å². The van der Waals surface area contributed by atoms with Crippen LogP contribution < -0.4 is 0 Å². The Morgan fingerprint density at radius 1 is 1.23 bits per heavy atom. The lowest BCUT2D eigenvalue weighted by atomic mass is 10.1. The monoisotopic (exact) mass is 387 g/mol. The van der Waals surface area contributed by atoms with Crippen molar-refractivity contribution in [1.82, 2.24) is 9.88 Å². The molecule has 0 aliphatic carbocycles. The number of pyridine rings is 1. The second kappa shape index (κ2) is 8.07. The normalized spacial score (nSPS) is 10.5. The molecule has 0 atom stereocenters. The molecule has 0 saturated carbocycles. The van der Waals surface area contributed by atoms with Gasteiger partial charge in [-0.25, -0.2) is 0 Å². The van der Waals surface area contributed by atoms with Gasteiger partial charge >= 0.3 is 0 Å². The topological polar surface area (TPSA) is 76.3 Å². The molecular formula is C18H14ClN3O3S. The van der Waals surface area contributed by atoms with Gasteiger partial charge in [0, 0.05) is 24.9 Å². The standard InChI is InChI=1S/C18H14ClN3O3S/c19-17-5-4-15(22(24)25)9-16(17)18(23)21(10-13-6-8-26-12-13)11-14-3-1-2-7-20-14/h1-9,12H,10-11H2. The van der Waals surface area contributed by atoms with Crippen LogP contribution in [-0.4, -0.2) is 20.7 Å². The number of benzene rings is 1. The molecule has 0 unspecified atom stereocenters. The van der Waals surface area contributed by atoms with Crippen molar-refractivity contribution in [2.45, 2.75) is 13.1 Å². The minimum Gasteiger partial charge on any atom is -0.328 e. The van der Waals surface area contributed by atoms with Gasteiger partial charge in [-0.05, 0) is 40.6 Å². The van der Waals surface area contributed by atoms with Crippen LogP contribution in [-0.2, 0) is 13.1 Å². The molecule has 26 heavy (non-hydrogen) atoms. The minimum absolute atomic E-state index is 0.104. The Bertz CT molecular complexity index is 917. The van der Waals surface area contributed by atoms with Crippen molar-refractivity contribution >= 4 is 34.5 Å². The molecule has 3 aromatic rings. The summed E-state index contributed by atoms with van der Waals surface area (Å²) in [7, 11) is 0. The SMILES string of the molecule is O=C(c1cc([N+](=O)[O-])ccc1Cl)N(Cc1ccsc1)Cc1ccccn1. The van der Waals surface area contributed by atoms with Gasteiger partial charge in [0.15, 0.2) is 0 Å². The molecule has 1 amide bonds. The maximum absolute atomic E-state index is 13.1. The molecular weight excluding hydrogens is 374 g/mol. The number of hydrogen-bond donors (Lipinski definition) is 0. The lowest BCUT2D eigenvalue weighted by Gasteiger charge is -2.22. The molecule has 6 nitrogen and oxygen atoms in total. The molecule has 1 aromatic carbocycles. The molecule has 0 bridgehead atoms. The number of nitrogens with zero attached hydrogens (tertiary/aromatic N) is 3. The third-order valence-electron chi connectivity index (χ3n) is 3.71. The van der Waals surface area contributed by atoms with Crippen molar-refractivity contribution in [3.63, 3.8) is 0 Å². The molecule has 0 aliphatic rings. The predicted octanol–water partition coefficient (Wildman–Crippen LogP) is 4.55. The highest BCUT2D eigenvalue weighted by atomic mass is 35.5. The Hall–Kier alpha value is -2.77.